The summed E-state index contributed by atoms with van der Waals surface area (Å²) in [6.45, 7) is 8.84. The van der Waals surface area contributed by atoms with Crippen LogP contribution in [0.25, 0.3) is 11.0 Å². The zero-order chi connectivity index (χ0) is 16.5. The highest BCUT2D eigenvalue weighted by Gasteiger charge is 2.22. The Balaban J connectivity index is 0.000000383. The van der Waals surface area contributed by atoms with Crippen LogP contribution >= 0.6 is 0 Å². The van der Waals surface area contributed by atoms with Gasteiger partial charge in [-0.25, -0.2) is 27.8 Å². The molecule has 1 aromatic carbocycles. The van der Waals surface area contributed by atoms with Gasteiger partial charge in [0, 0.05) is 0 Å². The second kappa shape index (κ2) is 6.29. The van der Waals surface area contributed by atoms with Gasteiger partial charge in [-0.15, -0.1) is 10.2 Å². The third-order valence-corrected chi connectivity index (χ3v) is 3.52. The molecule has 2 aromatic rings. The fourth-order valence-electron chi connectivity index (χ4n) is 2.57. The van der Waals surface area contributed by atoms with Crippen molar-refractivity contribution in [2.45, 2.75) is 33.6 Å². The molecule has 0 aliphatic heterocycles. The number of aryl methyl sites for hydroxylation is 4. The van der Waals surface area contributed by atoms with Gasteiger partial charge in [-0.3, -0.25) is 0 Å². The maximum absolute atomic E-state index is 8.49. The van der Waals surface area contributed by atoms with E-state index in [9.17, 15) is 0 Å². The van der Waals surface area contributed by atoms with Crippen molar-refractivity contribution in [1.29, 1.82) is 0 Å². The fourth-order valence-corrected chi connectivity index (χ4v) is 2.57. The maximum atomic E-state index is 8.49. The van der Waals surface area contributed by atoms with Crippen LogP contribution < -0.4 is 23.2 Å². The van der Waals surface area contributed by atoms with E-state index in [0.29, 0.717) is 5.92 Å². The zero-order valence-corrected chi connectivity index (χ0v) is 13.9. The third-order valence-electron chi connectivity index (χ3n) is 3.52. The minimum atomic E-state index is -4.94. The Morgan fingerprint density at radius 2 is 1.48 bits per heavy atom. The molecule has 21 heavy (non-hydrogen) atoms. The molecule has 0 aliphatic carbocycles. The second-order valence-electron chi connectivity index (χ2n) is 5.43. The summed E-state index contributed by atoms with van der Waals surface area (Å²) in [6, 6.07) is 4.58. The quantitative estimate of drug-likeness (QED) is 0.567. The standard InChI is InChI=1S/C14H21N2.ClHO4/c1-9(2)14-15(5)12-7-10(3)11(4)8-13(12)16(14)6;2-1(3,4)5/h7-9H,1-6H3;(H,2,3,4,5)/q+1;/p-1. The first-order valence-corrected chi connectivity index (χ1v) is 7.74. The lowest BCUT2D eigenvalue weighted by atomic mass is 10.1. The van der Waals surface area contributed by atoms with Gasteiger partial charge in [0.25, 0.3) is 5.82 Å². The number of hydrogen-bond donors (Lipinski definition) is 0. The molecule has 0 fully saturated rings. The fraction of sp³-hybridized carbons (Fsp3) is 0.500. The Hall–Kier alpha value is -1.18. The predicted octanol–water partition coefficient (Wildman–Crippen LogP) is -2.01. The zero-order valence-electron chi connectivity index (χ0n) is 13.1. The molecule has 1 heterocycles. The van der Waals surface area contributed by atoms with Gasteiger partial charge in [-0.05, 0) is 37.1 Å². The van der Waals surface area contributed by atoms with E-state index in [1.54, 1.807) is 0 Å². The average molecular weight is 317 g/mol. The number of rotatable bonds is 1. The molecule has 0 saturated heterocycles. The molecule has 0 radical (unpaired) electrons. The molecular weight excluding hydrogens is 296 g/mol. The van der Waals surface area contributed by atoms with Gasteiger partial charge < -0.3 is 0 Å². The van der Waals surface area contributed by atoms with Crippen LogP contribution in [-0.4, -0.2) is 4.57 Å². The van der Waals surface area contributed by atoms with E-state index >= 15 is 0 Å². The number of aromatic nitrogens is 2. The molecule has 6 nitrogen and oxygen atoms in total. The van der Waals surface area contributed by atoms with Gasteiger partial charge in [0.1, 0.15) is 0 Å². The molecule has 1 aromatic heterocycles. The highest BCUT2D eigenvalue weighted by Crippen LogP contribution is 2.21. The summed E-state index contributed by atoms with van der Waals surface area (Å²) in [4.78, 5) is 0. The Labute approximate surface area is 126 Å². The molecule has 0 spiro atoms. The first-order chi connectivity index (χ1) is 9.43. The second-order valence-corrected chi connectivity index (χ2v) is 6.19. The molecule has 0 amide bonds. The van der Waals surface area contributed by atoms with E-state index in [2.05, 4.69) is 63.1 Å². The first-order valence-electron chi connectivity index (χ1n) is 6.50. The molecule has 118 valence electrons. The van der Waals surface area contributed by atoms with Gasteiger partial charge in [-0.2, -0.15) is 0 Å². The minimum Gasteiger partial charge on any atom is -0.230 e. The van der Waals surface area contributed by atoms with E-state index in [1.807, 2.05) is 0 Å². The molecule has 0 bridgehead atoms. The van der Waals surface area contributed by atoms with Gasteiger partial charge in [0.2, 0.25) is 0 Å². The highest BCUT2D eigenvalue weighted by atomic mass is 35.7. The summed E-state index contributed by atoms with van der Waals surface area (Å²) >= 11 is 0. The summed E-state index contributed by atoms with van der Waals surface area (Å²) < 4.78 is 38.6. The lowest BCUT2D eigenvalue weighted by Crippen LogP contribution is -2.68. The highest BCUT2D eigenvalue weighted by molar-refractivity contribution is 5.74. The molecular formula is C14H21ClN2O4. The van der Waals surface area contributed by atoms with Crippen LogP contribution in [0.5, 0.6) is 0 Å². The van der Waals surface area contributed by atoms with Crippen LogP contribution in [0.15, 0.2) is 12.1 Å². The van der Waals surface area contributed by atoms with Crippen LogP contribution in [-0.2, 0) is 14.1 Å². The number of halogens is 1. The van der Waals surface area contributed by atoms with Crippen molar-refractivity contribution in [3.63, 3.8) is 0 Å². The van der Waals surface area contributed by atoms with Gasteiger partial charge in [0.05, 0.1) is 20.0 Å². The van der Waals surface area contributed by atoms with E-state index in [0.717, 1.165) is 0 Å². The van der Waals surface area contributed by atoms with E-state index < -0.39 is 10.2 Å². The van der Waals surface area contributed by atoms with Crippen molar-refractivity contribution >= 4 is 11.0 Å². The molecule has 7 heteroatoms. The normalized spacial score (nSPS) is 11.8. The third kappa shape index (κ3) is 4.39. The number of imidazole rings is 1. The van der Waals surface area contributed by atoms with Crippen molar-refractivity contribution in [1.82, 2.24) is 4.57 Å². The summed E-state index contributed by atoms with van der Waals surface area (Å²) in [5.74, 6) is 1.92. The number of hydrogen-bond acceptors (Lipinski definition) is 4. The lowest BCUT2D eigenvalue weighted by Gasteiger charge is -2.17. The number of benzene rings is 1. The van der Waals surface area contributed by atoms with E-state index in [4.69, 9.17) is 18.6 Å². The maximum Gasteiger partial charge on any atom is 0.259 e. The van der Waals surface area contributed by atoms with Gasteiger partial charge >= 0.3 is 0 Å². The van der Waals surface area contributed by atoms with Crippen LogP contribution in [0.4, 0.5) is 0 Å². The molecule has 0 unspecified atom stereocenters. The van der Waals surface area contributed by atoms with Crippen molar-refractivity contribution in [2.75, 3.05) is 0 Å². The number of nitrogens with zero attached hydrogens (tertiary/aromatic N) is 2. The van der Waals surface area contributed by atoms with Crippen molar-refractivity contribution in [2.24, 2.45) is 14.1 Å². The molecule has 0 aliphatic rings. The van der Waals surface area contributed by atoms with Crippen LogP contribution in [0, 0.1) is 24.1 Å². The summed E-state index contributed by atoms with van der Waals surface area (Å²) in [5, 5.41) is 0. The first kappa shape index (κ1) is 17.9. The van der Waals surface area contributed by atoms with Crippen LogP contribution in [0.1, 0.15) is 36.7 Å². The monoisotopic (exact) mass is 316 g/mol. The largest absolute Gasteiger partial charge is 0.259 e. The van der Waals surface area contributed by atoms with Crippen molar-refractivity contribution < 1.29 is 33.4 Å². The van der Waals surface area contributed by atoms with E-state index in [-0.39, 0.29) is 0 Å². The summed E-state index contributed by atoms with van der Waals surface area (Å²) in [7, 11) is -0.626. The Morgan fingerprint density at radius 3 is 1.90 bits per heavy atom. The van der Waals surface area contributed by atoms with Crippen molar-refractivity contribution in [3.05, 3.63) is 29.1 Å². The molecule has 0 saturated carbocycles. The minimum absolute atomic E-state index is 0.544. The lowest BCUT2D eigenvalue weighted by molar-refractivity contribution is -2.00. The SMILES string of the molecule is Cc1cc2c(cc1C)[n+](C)c(C(C)C)n2C.[O-][Cl+3]([O-])([O-])[O-]. The van der Waals surface area contributed by atoms with Crippen LogP contribution in [0.3, 0.4) is 0 Å². The topological polar surface area (TPSA) is 101 Å². The Morgan fingerprint density at radius 1 is 1.05 bits per heavy atom. The van der Waals surface area contributed by atoms with Gasteiger partial charge in [-0.1, -0.05) is 13.8 Å². The molecule has 0 atom stereocenters. The average Bonchev–Trinajstić information content (AvgIpc) is 2.50. The predicted molar refractivity (Wildman–Crippen MR) is 67.7 cm³/mol. The summed E-state index contributed by atoms with van der Waals surface area (Å²) in [6.07, 6.45) is 0. The molecule has 0 N–H and O–H groups in total. The summed E-state index contributed by atoms with van der Waals surface area (Å²) in [5.41, 5.74) is 5.39. The van der Waals surface area contributed by atoms with Crippen LogP contribution in [0.2, 0.25) is 0 Å². The van der Waals surface area contributed by atoms with Crippen molar-refractivity contribution in [3.8, 4) is 0 Å². The smallest absolute Gasteiger partial charge is 0.230 e. The Bertz CT molecular complexity index is 594. The molecule has 2 rings (SSSR count). The number of fused-ring (bicyclic) bond motifs is 1. The van der Waals surface area contributed by atoms with E-state index in [1.165, 1.54) is 28.0 Å². The Kier molecular flexibility index (Phi) is 5.35. The van der Waals surface area contributed by atoms with Gasteiger partial charge in [0.15, 0.2) is 11.0 Å².